The summed E-state index contributed by atoms with van der Waals surface area (Å²) >= 11 is 0. The van der Waals surface area contributed by atoms with Gasteiger partial charge in [0.1, 0.15) is 5.56 Å². The minimum Gasteiger partial charge on any atom is -0.437 e. The number of fused-ring (bicyclic) bond motifs is 3. The maximum atomic E-state index is 6.42. The predicted molar refractivity (Wildman–Crippen MR) is 130 cm³/mol. The van der Waals surface area contributed by atoms with E-state index in [1.807, 2.05) is 6.92 Å². The highest BCUT2D eigenvalue weighted by Crippen LogP contribution is 2.39. The molecular weight excluding hydrogens is 394 g/mol. The lowest BCUT2D eigenvalue weighted by atomic mass is 9.85. The zero-order valence-corrected chi connectivity index (χ0v) is 19.8. The third kappa shape index (κ3) is 2.68. The van der Waals surface area contributed by atoms with Crippen LogP contribution in [0.15, 0.2) is 40.8 Å². The molecule has 32 heavy (non-hydrogen) atoms. The number of aromatic nitrogens is 3. The fourth-order valence-electron chi connectivity index (χ4n) is 5.59. The van der Waals surface area contributed by atoms with Gasteiger partial charge in [0.2, 0.25) is 5.71 Å². The van der Waals surface area contributed by atoms with Crippen molar-refractivity contribution in [2.75, 3.05) is 0 Å². The maximum Gasteiger partial charge on any atom is 0.293 e. The molecule has 0 N–H and O–H groups in total. The number of hydrogen-bond acceptors (Lipinski definition) is 2. The SMILES string of the molecule is Cc1ccc2c(n1)oc1c(-c3n(C)c4ccc(CC(C)(C)C)c5c4[n+]3CC5)c(C)ccc12. The van der Waals surface area contributed by atoms with Crippen molar-refractivity contribution in [1.82, 2.24) is 9.55 Å². The summed E-state index contributed by atoms with van der Waals surface area (Å²) in [6.07, 6.45) is 2.20. The molecule has 2 aromatic carbocycles. The highest BCUT2D eigenvalue weighted by atomic mass is 16.3. The maximum absolute atomic E-state index is 6.42. The van der Waals surface area contributed by atoms with Gasteiger partial charge in [-0.1, -0.05) is 39.0 Å². The molecule has 0 spiro atoms. The average molecular weight is 425 g/mol. The third-order valence-corrected chi connectivity index (χ3v) is 6.95. The lowest BCUT2D eigenvalue weighted by Gasteiger charge is -2.19. The average Bonchev–Trinajstić information content (AvgIpc) is 3.37. The van der Waals surface area contributed by atoms with Crippen LogP contribution in [0.5, 0.6) is 0 Å². The molecule has 0 atom stereocenters. The second kappa shape index (κ2) is 6.44. The van der Waals surface area contributed by atoms with Crippen molar-refractivity contribution >= 4 is 33.1 Å². The molecule has 4 nitrogen and oxygen atoms in total. The van der Waals surface area contributed by atoms with Gasteiger partial charge >= 0.3 is 0 Å². The Bertz CT molecular complexity index is 1560. The number of rotatable bonds is 2. The number of nitrogens with zero attached hydrogens (tertiary/aromatic N) is 3. The molecule has 4 heterocycles. The molecule has 0 bridgehead atoms. The zero-order chi connectivity index (χ0) is 22.4. The van der Waals surface area contributed by atoms with Gasteiger partial charge in [-0.05, 0) is 55.0 Å². The second-order valence-electron chi connectivity index (χ2n) is 10.6. The van der Waals surface area contributed by atoms with E-state index in [2.05, 4.69) is 85.3 Å². The van der Waals surface area contributed by atoms with Crippen LogP contribution in [0.2, 0.25) is 0 Å². The summed E-state index contributed by atoms with van der Waals surface area (Å²) in [6, 6.07) is 13.3. The first-order valence-corrected chi connectivity index (χ1v) is 11.6. The molecule has 1 aliphatic heterocycles. The first kappa shape index (κ1) is 19.5. The van der Waals surface area contributed by atoms with Crippen LogP contribution in [-0.2, 0) is 26.4 Å². The van der Waals surface area contributed by atoms with E-state index < -0.39 is 0 Å². The van der Waals surface area contributed by atoms with Crippen molar-refractivity contribution in [3.63, 3.8) is 0 Å². The van der Waals surface area contributed by atoms with Crippen molar-refractivity contribution in [1.29, 1.82) is 0 Å². The van der Waals surface area contributed by atoms with Crippen LogP contribution in [-0.4, -0.2) is 9.55 Å². The van der Waals surface area contributed by atoms with E-state index in [0.717, 1.165) is 47.1 Å². The van der Waals surface area contributed by atoms with Gasteiger partial charge in [-0.25, -0.2) is 14.1 Å². The third-order valence-electron chi connectivity index (χ3n) is 6.95. The van der Waals surface area contributed by atoms with Gasteiger partial charge in [-0.3, -0.25) is 0 Å². The topological polar surface area (TPSA) is 34.8 Å². The normalized spacial score (nSPS) is 13.8. The Morgan fingerprint density at radius 3 is 2.59 bits per heavy atom. The number of furan rings is 1. The number of pyridine rings is 1. The van der Waals surface area contributed by atoms with E-state index in [-0.39, 0.29) is 5.41 Å². The molecule has 5 aromatic rings. The Kier molecular flexibility index (Phi) is 3.93. The molecule has 162 valence electrons. The van der Waals surface area contributed by atoms with Gasteiger partial charge in [0, 0.05) is 28.5 Å². The van der Waals surface area contributed by atoms with E-state index in [9.17, 15) is 0 Å². The van der Waals surface area contributed by atoms with Crippen molar-refractivity contribution < 1.29 is 8.98 Å². The fourth-order valence-corrected chi connectivity index (χ4v) is 5.59. The largest absolute Gasteiger partial charge is 0.437 e. The van der Waals surface area contributed by atoms with E-state index in [0.29, 0.717) is 0 Å². The predicted octanol–water partition coefficient (Wildman–Crippen LogP) is 6.19. The zero-order valence-electron chi connectivity index (χ0n) is 19.8. The van der Waals surface area contributed by atoms with Gasteiger partial charge < -0.3 is 4.42 Å². The fraction of sp³-hybridized carbons (Fsp3) is 0.357. The quantitative estimate of drug-likeness (QED) is 0.317. The number of imidazole rings is 1. The summed E-state index contributed by atoms with van der Waals surface area (Å²) in [4.78, 5) is 4.66. The van der Waals surface area contributed by atoms with Crippen molar-refractivity contribution in [2.45, 2.75) is 54.0 Å². The Balaban J connectivity index is 1.67. The lowest BCUT2D eigenvalue weighted by molar-refractivity contribution is -0.653. The second-order valence-corrected chi connectivity index (χ2v) is 10.6. The standard InChI is InChI=1S/C28H30N3O/c1-16-7-10-20-21-11-8-17(2)29-26(21)32-25(20)23(16)27-30(6)22-12-9-18(15-28(3,4)5)19-13-14-31(27)24(19)22/h7-12H,13-15H2,1-6H3/q+1. The molecule has 0 fully saturated rings. The summed E-state index contributed by atoms with van der Waals surface area (Å²) in [5.74, 6) is 1.23. The van der Waals surface area contributed by atoms with Crippen LogP contribution in [0.3, 0.4) is 0 Å². The van der Waals surface area contributed by atoms with Crippen LogP contribution in [0.1, 0.15) is 43.2 Å². The van der Waals surface area contributed by atoms with Crippen LogP contribution in [0.25, 0.3) is 44.5 Å². The molecule has 4 heteroatoms. The minimum atomic E-state index is 0.275. The molecule has 0 saturated heterocycles. The molecule has 0 unspecified atom stereocenters. The molecular formula is C28H30N3O+. The lowest BCUT2D eigenvalue weighted by Crippen LogP contribution is -2.33. The van der Waals surface area contributed by atoms with Gasteiger partial charge in [0.15, 0.2) is 16.6 Å². The number of benzene rings is 2. The van der Waals surface area contributed by atoms with E-state index in [4.69, 9.17) is 4.42 Å². The first-order valence-electron chi connectivity index (χ1n) is 11.6. The Labute approximate surface area is 188 Å². The Morgan fingerprint density at radius 1 is 1.03 bits per heavy atom. The molecule has 0 amide bonds. The van der Waals surface area contributed by atoms with Gasteiger partial charge in [-0.2, -0.15) is 0 Å². The van der Waals surface area contributed by atoms with Gasteiger partial charge in [0.05, 0.1) is 13.6 Å². The van der Waals surface area contributed by atoms with Crippen LogP contribution in [0.4, 0.5) is 0 Å². The monoisotopic (exact) mass is 424 g/mol. The highest BCUT2D eigenvalue weighted by Gasteiger charge is 2.35. The van der Waals surface area contributed by atoms with Crippen LogP contribution < -0.4 is 4.57 Å². The van der Waals surface area contributed by atoms with Crippen molar-refractivity contribution in [3.8, 4) is 11.4 Å². The van der Waals surface area contributed by atoms with Crippen LogP contribution >= 0.6 is 0 Å². The highest BCUT2D eigenvalue weighted by molar-refractivity contribution is 6.08. The van der Waals surface area contributed by atoms with E-state index in [1.54, 1.807) is 0 Å². The van der Waals surface area contributed by atoms with Gasteiger partial charge in [0.25, 0.3) is 5.82 Å². The smallest absolute Gasteiger partial charge is 0.293 e. The molecule has 3 aromatic heterocycles. The molecule has 1 aliphatic rings. The van der Waals surface area contributed by atoms with Gasteiger partial charge in [-0.15, -0.1) is 0 Å². The van der Waals surface area contributed by atoms with E-state index >= 15 is 0 Å². The summed E-state index contributed by atoms with van der Waals surface area (Å²) in [7, 11) is 2.19. The summed E-state index contributed by atoms with van der Waals surface area (Å²) in [5, 5.41) is 2.22. The Morgan fingerprint density at radius 2 is 1.81 bits per heavy atom. The number of aryl methyl sites for hydroxylation is 5. The van der Waals surface area contributed by atoms with Crippen molar-refractivity contribution in [3.05, 3.63) is 58.8 Å². The van der Waals surface area contributed by atoms with Crippen molar-refractivity contribution in [2.24, 2.45) is 12.5 Å². The molecule has 0 radical (unpaired) electrons. The Hall–Kier alpha value is -3.14. The van der Waals surface area contributed by atoms with Crippen LogP contribution in [0, 0.1) is 19.3 Å². The summed E-state index contributed by atoms with van der Waals surface area (Å²) in [5.41, 5.74) is 11.0. The number of hydrogen-bond donors (Lipinski definition) is 0. The minimum absolute atomic E-state index is 0.275. The summed E-state index contributed by atoms with van der Waals surface area (Å²) in [6.45, 7) is 12.2. The van der Waals surface area contributed by atoms with E-state index in [1.165, 1.54) is 39.1 Å². The molecule has 6 rings (SSSR count). The summed E-state index contributed by atoms with van der Waals surface area (Å²) < 4.78 is 11.3. The molecule has 0 aliphatic carbocycles. The first-order chi connectivity index (χ1) is 15.2. The molecule has 0 saturated carbocycles.